The van der Waals surface area contributed by atoms with Crippen LogP contribution in [0.2, 0.25) is 0 Å². The highest BCUT2D eigenvalue weighted by Gasteiger charge is 2.17. The van der Waals surface area contributed by atoms with Gasteiger partial charge in [-0.05, 0) is 40.8 Å². The van der Waals surface area contributed by atoms with E-state index in [1.165, 1.54) is 12.1 Å². The molecule has 8 heteroatoms. The smallest absolute Gasteiger partial charge is 0.190 e. The van der Waals surface area contributed by atoms with Gasteiger partial charge in [-0.3, -0.25) is 0 Å². The Balaban J connectivity index is 2.19. The molecule has 0 aliphatic carbocycles. The Morgan fingerprint density at radius 3 is 2.52 bits per heavy atom. The highest BCUT2D eigenvalue weighted by Crippen LogP contribution is 2.25. The number of nitrogen functional groups attached to an aromatic ring is 1. The van der Waals surface area contributed by atoms with Crippen molar-refractivity contribution in [2.24, 2.45) is 0 Å². The van der Waals surface area contributed by atoms with Crippen molar-refractivity contribution in [3.63, 3.8) is 0 Å². The number of hydrogen-bond acceptors (Lipinski definition) is 4. The summed E-state index contributed by atoms with van der Waals surface area (Å²) in [5.41, 5.74) is 5.83. The first kappa shape index (κ1) is 13.1. The number of benzene rings is 2. The third-order valence-corrected chi connectivity index (χ3v) is 2.84. The SMILES string of the molecule is Nc1ccc(F)c(-c2nnnn2-c2ccc(F)cc2F)c1. The second-order valence-corrected chi connectivity index (χ2v) is 4.25. The highest BCUT2D eigenvalue weighted by atomic mass is 19.1. The lowest BCUT2D eigenvalue weighted by molar-refractivity contribution is 0.571. The number of rotatable bonds is 2. The number of tetrazole rings is 1. The van der Waals surface area contributed by atoms with Gasteiger partial charge >= 0.3 is 0 Å². The van der Waals surface area contributed by atoms with Gasteiger partial charge in [-0.2, -0.15) is 4.68 Å². The van der Waals surface area contributed by atoms with Gasteiger partial charge in [-0.1, -0.05) is 0 Å². The zero-order valence-corrected chi connectivity index (χ0v) is 10.5. The summed E-state index contributed by atoms with van der Waals surface area (Å²) in [4.78, 5) is 0. The van der Waals surface area contributed by atoms with Crippen LogP contribution in [0, 0.1) is 17.5 Å². The molecule has 106 valence electrons. The fourth-order valence-electron chi connectivity index (χ4n) is 1.88. The van der Waals surface area contributed by atoms with E-state index in [4.69, 9.17) is 5.73 Å². The molecule has 5 nitrogen and oxygen atoms in total. The number of nitrogens with zero attached hydrogens (tertiary/aromatic N) is 4. The predicted octanol–water partition coefficient (Wildman–Crippen LogP) is 2.33. The third kappa shape index (κ3) is 2.31. The molecule has 0 amide bonds. The van der Waals surface area contributed by atoms with Gasteiger partial charge in [0.2, 0.25) is 0 Å². The van der Waals surface area contributed by atoms with Crippen molar-refractivity contribution in [1.29, 1.82) is 0 Å². The topological polar surface area (TPSA) is 69.6 Å². The van der Waals surface area contributed by atoms with Gasteiger partial charge < -0.3 is 5.73 Å². The molecule has 0 aliphatic heterocycles. The van der Waals surface area contributed by atoms with Crippen molar-refractivity contribution in [2.75, 3.05) is 5.73 Å². The molecule has 21 heavy (non-hydrogen) atoms. The Kier molecular flexibility index (Phi) is 3.05. The van der Waals surface area contributed by atoms with Gasteiger partial charge in [-0.25, -0.2) is 13.2 Å². The van der Waals surface area contributed by atoms with Crippen LogP contribution in [0.15, 0.2) is 36.4 Å². The van der Waals surface area contributed by atoms with E-state index in [-0.39, 0.29) is 17.1 Å². The second kappa shape index (κ2) is 4.89. The van der Waals surface area contributed by atoms with Crippen molar-refractivity contribution in [3.05, 3.63) is 53.8 Å². The van der Waals surface area contributed by atoms with Crippen LogP contribution in [0.4, 0.5) is 18.9 Å². The second-order valence-electron chi connectivity index (χ2n) is 4.25. The van der Waals surface area contributed by atoms with Crippen LogP contribution in [0.25, 0.3) is 17.1 Å². The van der Waals surface area contributed by atoms with E-state index in [1.54, 1.807) is 0 Å². The van der Waals surface area contributed by atoms with E-state index >= 15 is 0 Å². The first-order valence-electron chi connectivity index (χ1n) is 5.85. The average molecular weight is 291 g/mol. The Morgan fingerprint density at radius 1 is 0.952 bits per heavy atom. The predicted molar refractivity (Wildman–Crippen MR) is 68.9 cm³/mol. The largest absolute Gasteiger partial charge is 0.399 e. The summed E-state index contributed by atoms with van der Waals surface area (Å²) in [6, 6.07) is 6.78. The lowest BCUT2D eigenvalue weighted by Crippen LogP contribution is -2.04. The molecule has 0 aliphatic rings. The fraction of sp³-hybridized carbons (Fsp3) is 0. The van der Waals surface area contributed by atoms with E-state index in [9.17, 15) is 13.2 Å². The van der Waals surface area contributed by atoms with Crippen molar-refractivity contribution < 1.29 is 13.2 Å². The quantitative estimate of drug-likeness (QED) is 0.736. The van der Waals surface area contributed by atoms with E-state index < -0.39 is 17.5 Å². The van der Waals surface area contributed by atoms with E-state index in [0.29, 0.717) is 11.8 Å². The van der Waals surface area contributed by atoms with Crippen molar-refractivity contribution >= 4 is 5.69 Å². The summed E-state index contributed by atoms with van der Waals surface area (Å²) in [5.74, 6) is -2.25. The molecule has 0 spiro atoms. The summed E-state index contributed by atoms with van der Waals surface area (Å²) in [6.45, 7) is 0. The molecule has 3 aromatic rings. The van der Waals surface area contributed by atoms with Crippen LogP contribution in [0.5, 0.6) is 0 Å². The van der Waals surface area contributed by atoms with Gasteiger partial charge in [0, 0.05) is 11.8 Å². The van der Waals surface area contributed by atoms with E-state index in [1.807, 2.05) is 0 Å². The number of hydrogen-bond donors (Lipinski definition) is 1. The van der Waals surface area contributed by atoms with Crippen molar-refractivity contribution in [2.45, 2.75) is 0 Å². The molecule has 0 atom stereocenters. The molecule has 0 radical (unpaired) electrons. The molecule has 0 unspecified atom stereocenters. The minimum absolute atomic E-state index is 0.0173. The monoisotopic (exact) mass is 291 g/mol. The fourth-order valence-corrected chi connectivity index (χ4v) is 1.88. The molecule has 2 N–H and O–H groups in total. The number of aromatic nitrogens is 4. The lowest BCUT2D eigenvalue weighted by atomic mass is 10.1. The Labute approximate surface area is 116 Å². The number of anilines is 1. The maximum absolute atomic E-state index is 13.9. The molecule has 1 aromatic heterocycles. The molecule has 0 saturated heterocycles. The third-order valence-electron chi connectivity index (χ3n) is 2.84. The zero-order valence-electron chi connectivity index (χ0n) is 10.5. The molecule has 0 bridgehead atoms. The molecule has 0 saturated carbocycles. The lowest BCUT2D eigenvalue weighted by Gasteiger charge is -2.07. The average Bonchev–Trinajstić information content (AvgIpc) is 2.90. The molecular formula is C13H8F3N5. The van der Waals surface area contributed by atoms with Crippen LogP contribution in [0.1, 0.15) is 0 Å². The first-order chi connectivity index (χ1) is 10.1. The molecule has 2 aromatic carbocycles. The highest BCUT2D eigenvalue weighted by molar-refractivity contribution is 5.63. The van der Waals surface area contributed by atoms with Gasteiger partial charge in [0.25, 0.3) is 0 Å². The van der Waals surface area contributed by atoms with Crippen molar-refractivity contribution in [1.82, 2.24) is 20.2 Å². The normalized spacial score (nSPS) is 10.8. The van der Waals surface area contributed by atoms with Crippen LogP contribution in [-0.4, -0.2) is 20.2 Å². The van der Waals surface area contributed by atoms with Crippen molar-refractivity contribution in [3.8, 4) is 17.1 Å². The standard InChI is InChI=1S/C13H8F3N5/c14-7-1-4-12(11(16)5-7)21-13(18-19-20-21)9-6-8(17)2-3-10(9)15/h1-6H,17H2. The molecular weight excluding hydrogens is 283 g/mol. The van der Waals surface area contributed by atoms with Crippen LogP contribution in [0.3, 0.4) is 0 Å². The molecule has 3 rings (SSSR count). The zero-order chi connectivity index (χ0) is 15.0. The summed E-state index contributed by atoms with van der Waals surface area (Å²) < 4.78 is 41.6. The van der Waals surface area contributed by atoms with Crippen LogP contribution >= 0.6 is 0 Å². The van der Waals surface area contributed by atoms with Crippen LogP contribution < -0.4 is 5.73 Å². The number of nitrogens with two attached hydrogens (primary N) is 1. The number of halogens is 3. The Hall–Kier alpha value is -2.90. The summed E-state index contributed by atoms with van der Waals surface area (Å²) in [7, 11) is 0. The molecule has 1 heterocycles. The van der Waals surface area contributed by atoms with Gasteiger partial charge in [0.1, 0.15) is 17.3 Å². The van der Waals surface area contributed by atoms with Gasteiger partial charge in [0.15, 0.2) is 11.6 Å². The summed E-state index contributed by atoms with van der Waals surface area (Å²) in [5, 5.41) is 10.7. The maximum atomic E-state index is 13.9. The van der Waals surface area contributed by atoms with E-state index in [0.717, 1.165) is 22.9 Å². The summed E-state index contributed by atoms with van der Waals surface area (Å²) >= 11 is 0. The Morgan fingerprint density at radius 2 is 1.76 bits per heavy atom. The van der Waals surface area contributed by atoms with Gasteiger partial charge in [0.05, 0.1) is 5.56 Å². The first-order valence-corrected chi connectivity index (χ1v) is 5.85. The molecule has 0 fully saturated rings. The van der Waals surface area contributed by atoms with E-state index in [2.05, 4.69) is 15.5 Å². The maximum Gasteiger partial charge on any atom is 0.190 e. The van der Waals surface area contributed by atoms with Crippen LogP contribution in [-0.2, 0) is 0 Å². The minimum Gasteiger partial charge on any atom is -0.399 e. The minimum atomic E-state index is -0.868. The van der Waals surface area contributed by atoms with Gasteiger partial charge in [-0.15, -0.1) is 5.10 Å². The Bertz CT molecular complexity index is 815. The summed E-state index contributed by atoms with van der Waals surface area (Å²) in [6.07, 6.45) is 0.